The van der Waals surface area contributed by atoms with Gasteiger partial charge in [0.05, 0.1) is 31.0 Å². The first-order valence-corrected chi connectivity index (χ1v) is 21.6. The molecule has 0 aromatic rings. The van der Waals surface area contributed by atoms with Crippen LogP contribution in [-0.4, -0.2) is 59.0 Å². The summed E-state index contributed by atoms with van der Waals surface area (Å²) in [6.45, 7) is 12.6. The molecule has 296 valence electrons. The molecule has 13 atom stereocenters. The molecule has 9 fully saturated rings. The van der Waals surface area contributed by atoms with E-state index in [0.717, 1.165) is 63.2 Å². The number of cyclic esters (lactones) is 1. The minimum atomic E-state index is -0.880. The van der Waals surface area contributed by atoms with E-state index >= 15 is 0 Å². The van der Waals surface area contributed by atoms with Gasteiger partial charge in [-0.3, -0.25) is 14.4 Å². The summed E-state index contributed by atoms with van der Waals surface area (Å²) >= 11 is 0. The van der Waals surface area contributed by atoms with Crippen molar-refractivity contribution in [1.29, 1.82) is 0 Å². The van der Waals surface area contributed by atoms with Gasteiger partial charge in [-0.25, -0.2) is 4.79 Å². The molecular formula is C44H66O9. The lowest BCUT2D eigenvalue weighted by Gasteiger charge is -2.59. The lowest BCUT2D eigenvalue weighted by atomic mass is 9.50. The Balaban J connectivity index is 1.06. The number of carbonyl (C=O) groups excluding carboxylic acids is 4. The highest BCUT2D eigenvalue weighted by Gasteiger charge is 2.59. The number of esters is 4. The van der Waals surface area contributed by atoms with Gasteiger partial charge < -0.3 is 24.1 Å². The number of aliphatic hydroxyl groups excluding tert-OH is 1. The molecule has 1 aliphatic heterocycles. The van der Waals surface area contributed by atoms with Crippen molar-refractivity contribution in [3.8, 4) is 0 Å². The summed E-state index contributed by atoms with van der Waals surface area (Å²) < 4.78 is 23.6. The zero-order valence-electron chi connectivity index (χ0n) is 33.1. The first kappa shape index (κ1) is 37.7. The van der Waals surface area contributed by atoms with E-state index in [-0.39, 0.29) is 54.6 Å². The quantitative estimate of drug-likeness (QED) is 0.162. The van der Waals surface area contributed by atoms with E-state index in [9.17, 15) is 24.3 Å². The Labute approximate surface area is 316 Å². The van der Waals surface area contributed by atoms with Gasteiger partial charge in [0.15, 0.2) is 0 Å². The molecule has 0 aromatic heterocycles. The van der Waals surface area contributed by atoms with E-state index in [0.29, 0.717) is 60.7 Å². The van der Waals surface area contributed by atoms with Gasteiger partial charge in [-0.1, -0.05) is 13.8 Å². The van der Waals surface area contributed by atoms with Crippen LogP contribution in [0.15, 0.2) is 0 Å². The Morgan fingerprint density at radius 3 is 2.13 bits per heavy atom. The molecule has 53 heavy (non-hydrogen) atoms. The smallest absolute Gasteiger partial charge is 0.347 e. The molecule has 9 heteroatoms. The van der Waals surface area contributed by atoms with Gasteiger partial charge in [0.2, 0.25) is 6.10 Å². The summed E-state index contributed by atoms with van der Waals surface area (Å²) in [4.78, 5) is 54.6. The largest absolute Gasteiger partial charge is 0.463 e. The fraction of sp³-hybridized carbons (Fsp3) is 0.909. The van der Waals surface area contributed by atoms with Crippen molar-refractivity contribution in [3.05, 3.63) is 0 Å². The molecule has 0 aromatic carbocycles. The van der Waals surface area contributed by atoms with Crippen LogP contribution in [-0.2, 0) is 38.1 Å². The zero-order chi connectivity index (χ0) is 37.6. The van der Waals surface area contributed by atoms with Crippen LogP contribution in [0.4, 0.5) is 0 Å². The van der Waals surface area contributed by atoms with Crippen LogP contribution in [0.1, 0.15) is 131 Å². The van der Waals surface area contributed by atoms with Crippen LogP contribution in [0, 0.1) is 88.8 Å². The van der Waals surface area contributed by atoms with E-state index in [1.807, 2.05) is 20.8 Å². The molecule has 9 nitrogen and oxygen atoms in total. The number of ether oxygens (including phenoxy) is 4. The minimum Gasteiger partial charge on any atom is -0.463 e. The van der Waals surface area contributed by atoms with Gasteiger partial charge in [-0.2, -0.15) is 0 Å². The Bertz CT molecular complexity index is 1400. The van der Waals surface area contributed by atoms with E-state index in [2.05, 4.69) is 20.8 Å². The van der Waals surface area contributed by atoms with Gasteiger partial charge in [-0.15, -0.1) is 0 Å². The summed E-state index contributed by atoms with van der Waals surface area (Å²) in [6.07, 6.45) is 10.7. The molecule has 1 heterocycles. The Hall–Kier alpha value is -2.16. The highest BCUT2D eigenvalue weighted by Crippen LogP contribution is 2.62. The molecule has 1 saturated heterocycles. The van der Waals surface area contributed by atoms with Crippen molar-refractivity contribution in [3.63, 3.8) is 0 Å². The molecule has 0 spiro atoms. The summed E-state index contributed by atoms with van der Waals surface area (Å²) in [5, 5.41) is 11.5. The summed E-state index contributed by atoms with van der Waals surface area (Å²) in [6, 6.07) is 0. The maximum absolute atomic E-state index is 15.0. The lowest BCUT2D eigenvalue weighted by molar-refractivity contribution is -0.208. The molecule has 9 rings (SSSR count). The van der Waals surface area contributed by atoms with Crippen molar-refractivity contribution < 1.29 is 43.2 Å². The predicted octanol–water partition coefficient (Wildman–Crippen LogP) is 7.30. The average molecular weight is 739 g/mol. The SMILES string of the molecule is CC1C2CC(C(O)CC(=O)OC(C)(C)C)C(C2)C1CC(CC(C(=O)OC1CCOC1=O)C1C2CCC(C2)C1C)C(=O)OC1(C)C2CC3CC(C2)CC1C3. The van der Waals surface area contributed by atoms with Gasteiger partial charge in [0.25, 0.3) is 0 Å². The maximum atomic E-state index is 15.0. The molecule has 9 aliphatic rings. The van der Waals surface area contributed by atoms with Gasteiger partial charge >= 0.3 is 23.9 Å². The number of aliphatic hydroxyl groups is 1. The first-order chi connectivity index (χ1) is 25.1. The molecule has 8 bridgehead atoms. The van der Waals surface area contributed by atoms with E-state index in [1.165, 1.54) is 12.8 Å². The predicted molar refractivity (Wildman–Crippen MR) is 196 cm³/mol. The zero-order valence-corrected chi connectivity index (χ0v) is 33.1. The van der Waals surface area contributed by atoms with Crippen molar-refractivity contribution in [2.75, 3.05) is 6.61 Å². The fourth-order valence-electron chi connectivity index (χ4n) is 14.4. The second-order valence-electron chi connectivity index (χ2n) is 20.8. The van der Waals surface area contributed by atoms with Crippen LogP contribution in [0.3, 0.4) is 0 Å². The van der Waals surface area contributed by atoms with Crippen LogP contribution >= 0.6 is 0 Å². The average Bonchev–Trinajstić information content (AvgIpc) is 3.91. The van der Waals surface area contributed by atoms with Crippen molar-refractivity contribution in [2.45, 2.75) is 155 Å². The number of hydrogen-bond acceptors (Lipinski definition) is 9. The third-order valence-corrected chi connectivity index (χ3v) is 16.8. The highest BCUT2D eigenvalue weighted by atomic mass is 16.6. The second-order valence-corrected chi connectivity index (χ2v) is 20.8. The van der Waals surface area contributed by atoms with Crippen LogP contribution in [0.25, 0.3) is 0 Å². The third kappa shape index (κ3) is 7.09. The van der Waals surface area contributed by atoms with Gasteiger partial charge in [0.1, 0.15) is 11.2 Å². The maximum Gasteiger partial charge on any atom is 0.347 e. The summed E-state index contributed by atoms with van der Waals surface area (Å²) in [5.74, 6) is 2.40. The van der Waals surface area contributed by atoms with Crippen molar-refractivity contribution >= 4 is 23.9 Å². The van der Waals surface area contributed by atoms with Gasteiger partial charge in [-0.05, 0) is 182 Å². The minimum absolute atomic E-state index is 0.0273. The summed E-state index contributed by atoms with van der Waals surface area (Å²) in [5.41, 5.74) is -1.10. The lowest BCUT2D eigenvalue weighted by Crippen LogP contribution is -2.58. The number of carbonyl (C=O) groups is 4. The Kier molecular flexibility index (Phi) is 10.0. The van der Waals surface area contributed by atoms with E-state index < -0.39 is 41.2 Å². The third-order valence-electron chi connectivity index (χ3n) is 16.8. The van der Waals surface area contributed by atoms with Crippen LogP contribution < -0.4 is 0 Å². The Morgan fingerprint density at radius 1 is 0.868 bits per heavy atom. The molecular weight excluding hydrogens is 672 g/mol. The Morgan fingerprint density at radius 2 is 1.55 bits per heavy atom. The monoisotopic (exact) mass is 738 g/mol. The van der Waals surface area contributed by atoms with E-state index in [1.54, 1.807) is 0 Å². The molecule has 0 radical (unpaired) electrons. The number of fused-ring (bicyclic) bond motifs is 4. The number of rotatable bonds is 12. The second kappa shape index (κ2) is 14.1. The van der Waals surface area contributed by atoms with E-state index in [4.69, 9.17) is 18.9 Å². The fourth-order valence-corrected chi connectivity index (χ4v) is 14.4. The topological polar surface area (TPSA) is 125 Å². The van der Waals surface area contributed by atoms with Crippen molar-refractivity contribution in [2.24, 2.45) is 88.8 Å². The number of hydrogen-bond donors (Lipinski definition) is 1. The molecule has 8 aliphatic carbocycles. The molecule has 8 saturated carbocycles. The molecule has 13 unspecified atom stereocenters. The highest BCUT2D eigenvalue weighted by molar-refractivity contribution is 5.82. The van der Waals surface area contributed by atoms with Gasteiger partial charge in [0, 0.05) is 6.42 Å². The van der Waals surface area contributed by atoms with Crippen molar-refractivity contribution in [1.82, 2.24) is 0 Å². The standard InChI is InChI=1S/C44H66O9/c1-22-28-17-33(34(18-28)36(45)21-38(46)52-43(3,4)5)32(22)19-29(40(47)53-44(6)30-12-24-11-25(14-30)15-31(44)13-24)20-35(39-23(2)26-7-8-27(39)16-26)41(48)51-37-9-10-50-42(37)49/h22-37,39,45H,7-21H2,1-6H3. The first-order valence-electron chi connectivity index (χ1n) is 21.6. The molecule has 0 amide bonds. The summed E-state index contributed by atoms with van der Waals surface area (Å²) in [7, 11) is 0. The van der Waals surface area contributed by atoms with Crippen LogP contribution in [0.5, 0.6) is 0 Å². The van der Waals surface area contributed by atoms with Crippen LogP contribution in [0.2, 0.25) is 0 Å². The normalized spacial score (nSPS) is 45.2. The molecule has 1 N–H and O–H groups in total.